The highest BCUT2D eigenvalue weighted by atomic mass is 32.2. The van der Waals surface area contributed by atoms with E-state index in [2.05, 4.69) is 15.5 Å². The first kappa shape index (κ1) is 17.0. The zero-order valence-corrected chi connectivity index (χ0v) is 14.0. The Morgan fingerprint density at radius 3 is 2.68 bits per heavy atom. The Labute approximate surface area is 147 Å². The number of halogens is 1. The van der Waals surface area contributed by atoms with Crippen LogP contribution in [0.15, 0.2) is 58.2 Å². The van der Waals surface area contributed by atoms with Gasteiger partial charge in [0.2, 0.25) is 11.8 Å². The molecule has 1 N–H and O–H groups in total. The lowest BCUT2D eigenvalue weighted by molar-refractivity contribution is -0.113. The molecule has 0 atom stereocenters. The third kappa shape index (κ3) is 4.36. The summed E-state index contributed by atoms with van der Waals surface area (Å²) in [7, 11) is 1.59. The number of para-hydroxylation sites is 1. The quantitative estimate of drug-likeness (QED) is 0.678. The van der Waals surface area contributed by atoms with Crippen LogP contribution in [0.1, 0.15) is 0 Å². The lowest BCUT2D eigenvalue weighted by Crippen LogP contribution is -2.14. The molecule has 0 aliphatic rings. The highest BCUT2D eigenvalue weighted by Crippen LogP contribution is 2.25. The molecule has 1 heterocycles. The molecular formula is C17H14FN3O3S. The number of hydrogen-bond donors (Lipinski definition) is 1. The molecule has 1 amide bonds. The second-order valence-electron chi connectivity index (χ2n) is 4.92. The van der Waals surface area contributed by atoms with E-state index in [9.17, 15) is 9.18 Å². The van der Waals surface area contributed by atoms with Gasteiger partial charge in [-0.3, -0.25) is 4.79 Å². The molecule has 0 saturated heterocycles. The zero-order chi connectivity index (χ0) is 17.6. The van der Waals surface area contributed by atoms with Crippen LogP contribution in [0.4, 0.5) is 10.1 Å². The third-order valence-corrected chi connectivity index (χ3v) is 4.04. The fourth-order valence-corrected chi connectivity index (χ4v) is 2.56. The summed E-state index contributed by atoms with van der Waals surface area (Å²) in [4.78, 5) is 11.9. The molecule has 128 valence electrons. The number of methoxy groups -OCH3 is 1. The minimum Gasteiger partial charge on any atom is -0.497 e. The number of amides is 1. The standard InChI is InChI=1S/C17H14FN3O3S/c1-23-12-8-6-11(7-9-12)16-20-21-17(24-16)25-10-15(22)19-14-5-3-2-4-13(14)18/h2-9H,10H2,1H3,(H,19,22). The van der Waals surface area contributed by atoms with Crippen molar-refractivity contribution in [2.24, 2.45) is 0 Å². The molecule has 8 heteroatoms. The normalized spacial score (nSPS) is 10.5. The summed E-state index contributed by atoms with van der Waals surface area (Å²) >= 11 is 1.08. The van der Waals surface area contributed by atoms with E-state index in [4.69, 9.17) is 9.15 Å². The smallest absolute Gasteiger partial charge is 0.277 e. The maximum Gasteiger partial charge on any atom is 0.277 e. The van der Waals surface area contributed by atoms with Crippen molar-refractivity contribution in [3.8, 4) is 17.2 Å². The summed E-state index contributed by atoms with van der Waals surface area (Å²) in [5.74, 6) is 0.251. The number of benzene rings is 2. The summed E-state index contributed by atoms with van der Waals surface area (Å²) < 4.78 is 24.1. The molecule has 3 rings (SSSR count). The van der Waals surface area contributed by atoms with Crippen LogP contribution in [0.2, 0.25) is 0 Å². The number of hydrogen-bond acceptors (Lipinski definition) is 6. The van der Waals surface area contributed by atoms with Gasteiger partial charge in [-0.2, -0.15) is 0 Å². The number of aromatic nitrogens is 2. The van der Waals surface area contributed by atoms with E-state index in [-0.39, 0.29) is 22.6 Å². The fraction of sp³-hybridized carbons (Fsp3) is 0.118. The Morgan fingerprint density at radius 2 is 1.96 bits per heavy atom. The number of carbonyl (C=O) groups excluding carboxylic acids is 1. The second kappa shape index (κ2) is 7.80. The second-order valence-corrected chi connectivity index (χ2v) is 5.84. The molecule has 0 aliphatic heterocycles. The van der Waals surface area contributed by atoms with E-state index in [0.29, 0.717) is 5.89 Å². The van der Waals surface area contributed by atoms with Crippen LogP contribution in [0.5, 0.6) is 5.75 Å². The Balaban J connectivity index is 1.58. The first-order chi connectivity index (χ1) is 12.2. The van der Waals surface area contributed by atoms with Crippen molar-refractivity contribution >= 4 is 23.4 Å². The first-order valence-electron chi connectivity index (χ1n) is 7.31. The van der Waals surface area contributed by atoms with E-state index in [0.717, 1.165) is 23.1 Å². The van der Waals surface area contributed by atoms with Gasteiger partial charge in [-0.15, -0.1) is 10.2 Å². The van der Waals surface area contributed by atoms with Gasteiger partial charge < -0.3 is 14.5 Å². The maximum absolute atomic E-state index is 13.5. The van der Waals surface area contributed by atoms with Crippen LogP contribution in [-0.4, -0.2) is 29.0 Å². The zero-order valence-electron chi connectivity index (χ0n) is 13.2. The van der Waals surface area contributed by atoms with Gasteiger partial charge in [-0.05, 0) is 36.4 Å². The van der Waals surface area contributed by atoms with E-state index in [1.54, 1.807) is 43.5 Å². The Hall–Kier alpha value is -2.87. The number of anilines is 1. The number of carbonyl (C=O) groups is 1. The van der Waals surface area contributed by atoms with E-state index in [1.165, 1.54) is 12.1 Å². The molecule has 25 heavy (non-hydrogen) atoms. The summed E-state index contributed by atoms with van der Waals surface area (Å²) in [5.41, 5.74) is 0.883. The molecule has 0 radical (unpaired) electrons. The largest absolute Gasteiger partial charge is 0.497 e. The monoisotopic (exact) mass is 359 g/mol. The SMILES string of the molecule is COc1ccc(-c2nnc(SCC(=O)Nc3ccccc3F)o2)cc1. The van der Waals surface area contributed by atoms with Crippen LogP contribution in [0.3, 0.4) is 0 Å². The van der Waals surface area contributed by atoms with Crippen LogP contribution in [-0.2, 0) is 4.79 Å². The third-order valence-electron chi connectivity index (χ3n) is 3.22. The van der Waals surface area contributed by atoms with Gasteiger partial charge in [0, 0.05) is 5.56 Å². The molecular weight excluding hydrogens is 345 g/mol. The molecule has 1 aromatic heterocycles. The summed E-state index contributed by atoms with van der Waals surface area (Å²) in [6, 6.07) is 13.1. The maximum atomic E-state index is 13.5. The van der Waals surface area contributed by atoms with Crippen LogP contribution in [0, 0.1) is 5.82 Å². The highest BCUT2D eigenvalue weighted by Gasteiger charge is 2.12. The predicted molar refractivity (Wildman–Crippen MR) is 92.0 cm³/mol. The molecule has 0 fully saturated rings. The average Bonchev–Trinajstić information content (AvgIpc) is 3.11. The van der Waals surface area contributed by atoms with Gasteiger partial charge in [0.05, 0.1) is 18.6 Å². The predicted octanol–water partition coefficient (Wildman–Crippen LogP) is 3.62. The van der Waals surface area contributed by atoms with Gasteiger partial charge in [0.15, 0.2) is 0 Å². The molecule has 2 aromatic carbocycles. The topological polar surface area (TPSA) is 77.2 Å². The van der Waals surface area contributed by atoms with Crippen molar-refractivity contribution in [1.29, 1.82) is 0 Å². The van der Waals surface area contributed by atoms with E-state index >= 15 is 0 Å². The number of thioether (sulfide) groups is 1. The number of rotatable bonds is 6. The highest BCUT2D eigenvalue weighted by molar-refractivity contribution is 7.99. The molecule has 0 aliphatic carbocycles. The van der Waals surface area contributed by atoms with Crippen molar-refractivity contribution in [3.63, 3.8) is 0 Å². The molecule has 0 spiro atoms. The van der Waals surface area contributed by atoms with Crippen molar-refractivity contribution in [1.82, 2.24) is 10.2 Å². The van der Waals surface area contributed by atoms with Gasteiger partial charge >= 0.3 is 0 Å². The Bertz CT molecular complexity index is 868. The minimum absolute atomic E-state index is 0.0264. The van der Waals surface area contributed by atoms with Crippen LogP contribution in [0.25, 0.3) is 11.5 Å². The van der Waals surface area contributed by atoms with Gasteiger partial charge in [0.25, 0.3) is 5.22 Å². The van der Waals surface area contributed by atoms with Gasteiger partial charge in [-0.1, -0.05) is 23.9 Å². The summed E-state index contributed by atoms with van der Waals surface area (Å²) in [6.45, 7) is 0. The van der Waals surface area contributed by atoms with Crippen molar-refractivity contribution in [2.75, 3.05) is 18.2 Å². The Kier molecular flexibility index (Phi) is 5.30. The van der Waals surface area contributed by atoms with Crippen molar-refractivity contribution in [2.45, 2.75) is 5.22 Å². The molecule has 0 unspecified atom stereocenters. The summed E-state index contributed by atoms with van der Waals surface area (Å²) in [6.07, 6.45) is 0. The molecule has 6 nitrogen and oxygen atoms in total. The van der Waals surface area contributed by atoms with Crippen LogP contribution >= 0.6 is 11.8 Å². The van der Waals surface area contributed by atoms with Gasteiger partial charge in [-0.25, -0.2) is 4.39 Å². The molecule has 0 saturated carbocycles. The first-order valence-corrected chi connectivity index (χ1v) is 8.29. The Morgan fingerprint density at radius 1 is 1.20 bits per heavy atom. The average molecular weight is 359 g/mol. The van der Waals surface area contributed by atoms with Gasteiger partial charge in [0.1, 0.15) is 11.6 Å². The van der Waals surface area contributed by atoms with Crippen molar-refractivity contribution < 1.29 is 18.3 Å². The molecule has 0 bridgehead atoms. The number of ether oxygens (including phenoxy) is 1. The van der Waals surface area contributed by atoms with E-state index < -0.39 is 5.82 Å². The fourth-order valence-electron chi connectivity index (χ4n) is 1.99. The van der Waals surface area contributed by atoms with Crippen molar-refractivity contribution in [3.05, 3.63) is 54.3 Å². The van der Waals surface area contributed by atoms with Crippen LogP contribution < -0.4 is 10.1 Å². The number of nitrogens with zero attached hydrogens (tertiary/aromatic N) is 2. The lowest BCUT2D eigenvalue weighted by atomic mass is 10.2. The summed E-state index contributed by atoms with van der Waals surface area (Å²) in [5, 5.41) is 10.6. The minimum atomic E-state index is -0.486. The molecule has 3 aromatic rings. The van der Waals surface area contributed by atoms with E-state index in [1.807, 2.05) is 0 Å². The lowest BCUT2D eigenvalue weighted by Gasteiger charge is -2.04. The number of nitrogens with one attached hydrogen (secondary N) is 1.